The third-order valence-electron chi connectivity index (χ3n) is 3.05. The van der Waals surface area contributed by atoms with Gasteiger partial charge in [0.1, 0.15) is 0 Å². The molecule has 4 nitrogen and oxygen atoms in total. The minimum atomic E-state index is -5.24. The summed E-state index contributed by atoms with van der Waals surface area (Å²) in [6, 6.07) is -1.99. The van der Waals surface area contributed by atoms with E-state index in [1.807, 2.05) is 0 Å². The third kappa shape index (κ3) is 4.03. The molecule has 1 saturated carbocycles. The van der Waals surface area contributed by atoms with Crippen molar-refractivity contribution in [1.29, 1.82) is 0 Å². The summed E-state index contributed by atoms with van der Waals surface area (Å²) in [4.78, 5) is 21.4. The van der Waals surface area contributed by atoms with Crippen molar-refractivity contribution in [2.75, 3.05) is 0 Å². The standard InChI is InChI=1S/C10H12F5NO3/c11-9(12)4-3-5(7(17)18)1-2-6(9)16-8(19)10(13,14)15/h5-6H,1-4H2,(H,16,19)(H,17,18)/t5-,6-/m0/s1. The van der Waals surface area contributed by atoms with Crippen LogP contribution in [-0.4, -0.2) is 35.1 Å². The van der Waals surface area contributed by atoms with E-state index in [9.17, 15) is 31.5 Å². The largest absolute Gasteiger partial charge is 0.481 e. The number of nitrogens with one attached hydrogen (secondary N) is 1. The first-order valence-corrected chi connectivity index (χ1v) is 5.52. The average molecular weight is 289 g/mol. The van der Waals surface area contributed by atoms with Crippen molar-refractivity contribution >= 4 is 11.9 Å². The van der Waals surface area contributed by atoms with Gasteiger partial charge in [0.05, 0.1) is 12.0 Å². The summed E-state index contributed by atoms with van der Waals surface area (Å²) < 4.78 is 63.1. The van der Waals surface area contributed by atoms with Gasteiger partial charge in [0, 0.05) is 6.42 Å². The van der Waals surface area contributed by atoms with Gasteiger partial charge in [0.2, 0.25) is 0 Å². The molecule has 0 aromatic carbocycles. The fourth-order valence-electron chi connectivity index (χ4n) is 1.93. The smallest absolute Gasteiger partial charge is 0.471 e. The highest BCUT2D eigenvalue weighted by Gasteiger charge is 2.48. The summed E-state index contributed by atoms with van der Waals surface area (Å²) >= 11 is 0. The van der Waals surface area contributed by atoms with Gasteiger partial charge in [-0.25, -0.2) is 8.78 Å². The van der Waals surface area contributed by atoms with E-state index in [4.69, 9.17) is 5.11 Å². The Kier molecular flexibility index (Phi) is 4.36. The molecule has 9 heteroatoms. The lowest BCUT2D eigenvalue weighted by atomic mass is 10.0. The van der Waals surface area contributed by atoms with Crippen LogP contribution >= 0.6 is 0 Å². The molecule has 0 aromatic heterocycles. The number of alkyl halides is 5. The zero-order chi connectivity index (χ0) is 14.8. The second kappa shape index (κ2) is 5.30. The topological polar surface area (TPSA) is 66.4 Å². The van der Waals surface area contributed by atoms with E-state index in [0.717, 1.165) is 0 Å². The number of amides is 1. The van der Waals surface area contributed by atoms with Crippen LogP contribution < -0.4 is 5.32 Å². The summed E-state index contributed by atoms with van der Waals surface area (Å²) in [6.07, 6.45) is -7.15. The van der Waals surface area contributed by atoms with E-state index < -0.39 is 48.8 Å². The molecular formula is C10H12F5NO3. The van der Waals surface area contributed by atoms with E-state index in [0.29, 0.717) is 0 Å². The SMILES string of the molecule is O=C(O)[C@H]1CC[C@H](NC(=O)C(F)(F)F)C(F)(F)CC1. The molecule has 0 spiro atoms. The quantitative estimate of drug-likeness (QED) is 0.603. The van der Waals surface area contributed by atoms with Crippen molar-refractivity contribution in [3.63, 3.8) is 0 Å². The van der Waals surface area contributed by atoms with Crippen LogP contribution in [0.1, 0.15) is 25.7 Å². The maximum absolute atomic E-state index is 13.5. The zero-order valence-corrected chi connectivity index (χ0v) is 9.64. The average Bonchev–Trinajstić information content (AvgIpc) is 2.37. The van der Waals surface area contributed by atoms with Gasteiger partial charge in [0.25, 0.3) is 5.92 Å². The Morgan fingerprint density at radius 1 is 1.16 bits per heavy atom. The van der Waals surface area contributed by atoms with Crippen molar-refractivity contribution < 1.29 is 36.6 Å². The second-order valence-electron chi connectivity index (χ2n) is 4.44. The van der Waals surface area contributed by atoms with Crippen molar-refractivity contribution in [2.45, 2.75) is 43.8 Å². The monoisotopic (exact) mass is 289 g/mol. The first-order valence-electron chi connectivity index (χ1n) is 5.52. The fourth-order valence-corrected chi connectivity index (χ4v) is 1.93. The Morgan fingerprint density at radius 2 is 1.74 bits per heavy atom. The number of carbonyl (C=O) groups excluding carboxylic acids is 1. The van der Waals surface area contributed by atoms with E-state index in [1.165, 1.54) is 5.32 Å². The maximum atomic E-state index is 13.5. The highest BCUT2D eigenvalue weighted by molar-refractivity contribution is 5.82. The van der Waals surface area contributed by atoms with Crippen molar-refractivity contribution in [2.24, 2.45) is 5.92 Å². The van der Waals surface area contributed by atoms with Crippen LogP contribution in [-0.2, 0) is 9.59 Å². The van der Waals surface area contributed by atoms with E-state index in [2.05, 4.69) is 0 Å². The van der Waals surface area contributed by atoms with Gasteiger partial charge in [-0.15, -0.1) is 0 Å². The van der Waals surface area contributed by atoms with Gasteiger partial charge in [-0.3, -0.25) is 9.59 Å². The van der Waals surface area contributed by atoms with Crippen LogP contribution in [0.4, 0.5) is 22.0 Å². The van der Waals surface area contributed by atoms with Crippen LogP contribution in [0.25, 0.3) is 0 Å². The Labute approximate surface area is 105 Å². The van der Waals surface area contributed by atoms with Gasteiger partial charge in [-0.05, 0) is 19.3 Å². The molecule has 0 radical (unpaired) electrons. The summed E-state index contributed by atoms with van der Waals surface area (Å²) in [5.74, 6) is -8.28. The minimum absolute atomic E-state index is 0.201. The zero-order valence-electron chi connectivity index (χ0n) is 9.64. The molecule has 1 amide bonds. The lowest BCUT2D eigenvalue weighted by Gasteiger charge is -2.25. The molecule has 2 atom stereocenters. The van der Waals surface area contributed by atoms with Crippen molar-refractivity contribution in [3.05, 3.63) is 0 Å². The Hall–Kier alpha value is -1.41. The molecular weight excluding hydrogens is 277 g/mol. The number of aliphatic carboxylic acids is 1. The summed E-state index contributed by atoms with van der Waals surface area (Å²) in [6.45, 7) is 0. The second-order valence-corrected chi connectivity index (χ2v) is 4.44. The van der Waals surface area contributed by atoms with Gasteiger partial charge in [0.15, 0.2) is 0 Å². The molecule has 1 rings (SSSR count). The molecule has 0 bridgehead atoms. The van der Waals surface area contributed by atoms with Crippen LogP contribution in [0.2, 0.25) is 0 Å². The summed E-state index contributed by atoms with van der Waals surface area (Å²) in [5.41, 5.74) is 0. The molecule has 0 aliphatic heterocycles. The van der Waals surface area contributed by atoms with Crippen LogP contribution in [0, 0.1) is 5.92 Å². The predicted octanol–water partition coefficient (Wildman–Crippen LogP) is 1.94. The number of halogens is 5. The van der Waals surface area contributed by atoms with Crippen molar-refractivity contribution in [3.8, 4) is 0 Å². The molecule has 0 heterocycles. The maximum Gasteiger partial charge on any atom is 0.471 e. The molecule has 0 saturated heterocycles. The molecule has 0 aromatic rings. The van der Waals surface area contributed by atoms with Gasteiger partial charge >= 0.3 is 18.1 Å². The van der Waals surface area contributed by atoms with Crippen molar-refractivity contribution in [1.82, 2.24) is 5.32 Å². The van der Waals surface area contributed by atoms with Gasteiger partial charge < -0.3 is 10.4 Å². The van der Waals surface area contributed by atoms with Crippen LogP contribution in [0.5, 0.6) is 0 Å². The number of carboxylic acid groups (broad SMARTS) is 1. The number of rotatable bonds is 2. The minimum Gasteiger partial charge on any atom is -0.481 e. The molecule has 1 fully saturated rings. The Balaban J connectivity index is 2.76. The van der Waals surface area contributed by atoms with E-state index in [-0.39, 0.29) is 12.8 Å². The lowest BCUT2D eigenvalue weighted by molar-refractivity contribution is -0.177. The molecule has 19 heavy (non-hydrogen) atoms. The molecule has 1 aliphatic carbocycles. The molecule has 1 aliphatic rings. The summed E-state index contributed by atoms with van der Waals surface area (Å²) in [7, 11) is 0. The lowest BCUT2D eigenvalue weighted by Crippen LogP contribution is -2.51. The van der Waals surface area contributed by atoms with Gasteiger partial charge in [-0.2, -0.15) is 13.2 Å². The Morgan fingerprint density at radius 3 is 2.21 bits per heavy atom. The third-order valence-corrected chi connectivity index (χ3v) is 3.05. The van der Waals surface area contributed by atoms with Crippen LogP contribution in [0.15, 0.2) is 0 Å². The number of hydrogen-bond donors (Lipinski definition) is 2. The number of hydrogen-bond acceptors (Lipinski definition) is 2. The molecule has 2 N–H and O–H groups in total. The predicted molar refractivity (Wildman–Crippen MR) is 52.5 cm³/mol. The fraction of sp³-hybridized carbons (Fsp3) is 0.800. The van der Waals surface area contributed by atoms with Gasteiger partial charge in [-0.1, -0.05) is 0 Å². The number of carboxylic acids is 1. The normalized spacial score (nSPS) is 27.4. The molecule has 110 valence electrons. The van der Waals surface area contributed by atoms with Crippen LogP contribution in [0.3, 0.4) is 0 Å². The highest BCUT2D eigenvalue weighted by atomic mass is 19.4. The van der Waals surface area contributed by atoms with E-state index >= 15 is 0 Å². The molecule has 0 unspecified atom stereocenters. The summed E-state index contributed by atoms with van der Waals surface area (Å²) in [5, 5.41) is 9.96. The van der Waals surface area contributed by atoms with E-state index in [1.54, 1.807) is 0 Å². The first-order chi connectivity index (χ1) is 8.54. The first kappa shape index (κ1) is 15.6. The number of carbonyl (C=O) groups is 2. The Bertz CT molecular complexity index is 369. The highest BCUT2D eigenvalue weighted by Crippen LogP contribution is 2.35.